The van der Waals surface area contributed by atoms with Gasteiger partial charge in [-0.05, 0) is 40.4 Å². The predicted octanol–water partition coefficient (Wildman–Crippen LogP) is 3.90. The van der Waals surface area contributed by atoms with E-state index >= 15 is 0 Å². The van der Waals surface area contributed by atoms with Crippen LogP contribution in [0.1, 0.15) is 29.4 Å². The van der Waals surface area contributed by atoms with Crippen molar-refractivity contribution in [1.29, 1.82) is 0 Å². The second-order valence-electron chi connectivity index (χ2n) is 3.57. The van der Waals surface area contributed by atoms with Crippen molar-refractivity contribution in [3.63, 3.8) is 0 Å². The first-order valence-corrected chi connectivity index (χ1v) is 7.41. The third-order valence-electron chi connectivity index (χ3n) is 2.44. The number of hydrogen-bond acceptors (Lipinski definition) is 2. The van der Waals surface area contributed by atoms with E-state index < -0.39 is 0 Å². The molecule has 0 saturated carbocycles. The summed E-state index contributed by atoms with van der Waals surface area (Å²) < 4.78 is 0.977. The van der Waals surface area contributed by atoms with Crippen molar-refractivity contribution in [1.82, 2.24) is 5.32 Å². The summed E-state index contributed by atoms with van der Waals surface area (Å²) in [6.45, 7) is 2.82. The highest BCUT2D eigenvalue weighted by Gasteiger charge is 2.11. The topological polar surface area (TPSA) is 29.1 Å². The highest BCUT2D eigenvalue weighted by molar-refractivity contribution is 9.11. The molecule has 0 aliphatic carbocycles. The lowest BCUT2D eigenvalue weighted by Crippen LogP contribution is -2.28. The lowest BCUT2D eigenvalue weighted by atomic mass is 10.0. The van der Waals surface area contributed by atoms with Crippen LogP contribution in [0, 0.1) is 5.92 Å². The average molecular weight is 325 g/mol. The fraction of sp³-hybridized carbons (Fsp3) is 0.545. The summed E-state index contributed by atoms with van der Waals surface area (Å²) in [5, 5.41) is 2.94. The van der Waals surface area contributed by atoms with E-state index in [1.807, 2.05) is 12.1 Å². The minimum atomic E-state index is 0.00345. The zero-order valence-corrected chi connectivity index (χ0v) is 12.3. The van der Waals surface area contributed by atoms with Gasteiger partial charge in [0, 0.05) is 12.4 Å². The van der Waals surface area contributed by atoms with Gasteiger partial charge < -0.3 is 5.32 Å². The Morgan fingerprint density at radius 1 is 1.62 bits per heavy atom. The maximum Gasteiger partial charge on any atom is 0.261 e. The third kappa shape index (κ3) is 4.44. The summed E-state index contributed by atoms with van der Waals surface area (Å²) in [5.41, 5.74) is 0. The molecule has 0 spiro atoms. The second kappa shape index (κ2) is 7.30. The largest absolute Gasteiger partial charge is 0.351 e. The molecule has 1 atom stereocenters. The van der Waals surface area contributed by atoms with E-state index in [1.54, 1.807) is 0 Å². The van der Waals surface area contributed by atoms with Gasteiger partial charge in [0.05, 0.1) is 8.66 Å². The molecular formula is C11H15BrClNOS. The van der Waals surface area contributed by atoms with Gasteiger partial charge in [-0.25, -0.2) is 0 Å². The Morgan fingerprint density at radius 3 is 2.88 bits per heavy atom. The molecule has 2 nitrogen and oxygen atoms in total. The summed E-state index contributed by atoms with van der Waals surface area (Å²) >= 11 is 10.5. The minimum Gasteiger partial charge on any atom is -0.351 e. The Kier molecular flexibility index (Phi) is 6.39. The van der Waals surface area contributed by atoms with E-state index in [4.69, 9.17) is 11.6 Å². The summed E-state index contributed by atoms with van der Waals surface area (Å²) in [6.07, 6.45) is 1.99. The van der Waals surface area contributed by atoms with Gasteiger partial charge in [0.15, 0.2) is 0 Å². The molecule has 0 radical (unpaired) electrons. The van der Waals surface area contributed by atoms with Crippen LogP contribution in [0.4, 0.5) is 0 Å². The van der Waals surface area contributed by atoms with Crippen molar-refractivity contribution in [3.05, 3.63) is 20.8 Å². The van der Waals surface area contributed by atoms with E-state index in [0.717, 1.165) is 21.5 Å². The fourth-order valence-electron chi connectivity index (χ4n) is 1.37. The summed E-state index contributed by atoms with van der Waals surface area (Å²) in [6, 6.07) is 3.71. The van der Waals surface area contributed by atoms with E-state index in [0.29, 0.717) is 18.3 Å². The number of amides is 1. The molecule has 0 bridgehead atoms. The van der Waals surface area contributed by atoms with Crippen molar-refractivity contribution in [3.8, 4) is 0 Å². The molecule has 0 fully saturated rings. The standard InChI is InChI=1S/C11H15BrClNOS/c1-2-8(5-6-13)7-14-11(15)9-3-4-10(12)16-9/h3-4,8H,2,5-7H2,1H3,(H,14,15). The molecule has 1 amide bonds. The van der Waals surface area contributed by atoms with E-state index in [1.165, 1.54) is 11.3 Å². The molecule has 0 saturated heterocycles. The number of thiophene rings is 1. The fourth-order valence-corrected chi connectivity index (χ4v) is 2.98. The van der Waals surface area contributed by atoms with Gasteiger partial charge in [-0.15, -0.1) is 22.9 Å². The number of rotatable bonds is 6. The first-order valence-electron chi connectivity index (χ1n) is 5.26. The van der Waals surface area contributed by atoms with Gasteiger partial charge in [-0.3, -0.25) is 4.79 Å². The maximum atomic E-state index is 11.7. The molecule has 1 N–H and O–H groups in total. The number of nitrogens with one attached hydrogen (secondary N) is 1. The summed E-state index contributed by atoms with van der Waals surface area (Å²) in [5.74, 6) is 1.13. The first-order chi connectivity index (χ1) is 7.67. The van der Waals surface area contributed by atoms with Gasteiger partial charge in [0.2, 0.25) is 0 Å². The van der Waals surface area contributed by atoms with Gasteiger partial charge in [-0.1, -0.05) is 13.3 Å². The van der Waals surface area contributed by atoms with Crippen LogP contribution >= 0.6 is 38.9 Å². The number of alkyl halides is 1. The Labute approximate surface area is 114 Å². The average Bonchev–Trinajstić information content (AvgIpc) is 2.70. The Morgan fingerprint density at radius 2 is 2.38 bits per heavy atom. The van der Waals surface area contributed by atoms with E-state index in [9.17, 15) is 4.79 Å². The molecule has 1 unspecified atom stereocenters. The lowest BCUT2D eigenvalue weighted by molar-refractivity contribution is 0.0950. The summed E-state index contributed by atoms with van der Waals surface area (Å²) in [7, 11) is 0. The van der Waals surface area contributed by atoms with Gasteiger partial charge in [0.25, 0.3) is 5.91 Å². The van der Waals surface area contributed by atoms with Crippen molar-refractivity contribution < 1.29 is 4.79 Å². The minimum absolute atomic E-state index is 0.00345. The van der Waals surface area contributed by atoms with Crippen molar-refractivity contribution in [2.24, 2.45) is 5.92 Å². The lowest BCUT2D eigenvalue weighted by Gasteiger charge is -2.13. The van der Waals surface area contributed by atoms with Crippen LogP contribution in [0.5, 0.6) is 0 Å². The smallest absolute Gasteiger partial charge is 0.261 e. The zero-order valence-electron chi connectivity index (χ0n) is 9.13. The molecule has 0 aliphatic rings. The van der Waals surface area contributed by atoms with Gasteiger partial charge in [-0.2, -0.15) is 0 Å². The molecular weight excluding hydrogens is 310 g/mol. The van der Waals surface area contributed by atoms with Crippen LogP contribution in [0.25, 0.3) is 0 Å². The van der Waals surface area contributed by atoms with Crippen LogP contribution < -0.4 is 5.32 Å². The molecule has 90 valence electrons. The third-order valence-corrected chi connectivity index (χ3v) is 4.28. The molecule has 1 rings (SSSR count). The van der Waals surface area contributed by atoms with Crippen LogP contribution in [-0.2, 0) is 0 Å². The number of halogens is 2. The maximum absolute atomic E-state index is 11.7. The van der Waals surface area contributed by atoms with Crippen LogP contribution in [0.15, 0.2) is 15.9 Å². The normalized spacial score (nSPS) is 12.4. The first kappa shape index (κ1) is 14.0. The number of carbonyl (C=O) groups is 1. The van der Waals surface area contributed by atoms with Crippen molar-refractivity contribution in [2.45, 2.75) is 19.8 Å². The highest BCUT2D eigenvalue weighted by atomic mass is 79.9. The number of carbonyl (C=O) groups excluding carboxylic acids is 1. The van der Waals surface area contributed by atoms with E-state index in [2.05, 4.69) is 28.2 Å². The predicted molar refractivity (Wildman–Crippen MR) is 73.5 cm³/mol. The molecule has 5 heteroatoms. The molecule has 1 heterocycles. The van der Waals surface area contributed by atoms with E-state index in [-0.39, 0.29) is 5.91 Å². The Balaban J connectivity index is 2.40. The second-order valence-corrected chi connectivity index (χ2v) is 6.41. The van der Waals surface area contributed by atoms with Crippen molar-refractivity contribution in [2.75, 3.05) is 12.4 Å². The Hall–Kier alpha value is -0.0600. The van der Waals surface area contributed by atoms with Crippen LogP contribution in [0.2, 0.25) is 0 Å². The molecule has 0 aliphatic heterocycles. The summed E-state index contributed by atoms with van der Waals surface area (Å²) in [4.78, 5) is 12.5. The SMILES string of the molecule is CCC(CCCl)CNC(=O)c1ccc(Br)s1. The quantitative estimate of drug-likeness (QED) is 0.790. The van der Waals surface area contributed by atoms with Crippen LogP contribution in [-0.4, -0.2) is 18.3 Å². The zero-order chi connectivity index (χ0) is 12.0. The Bertz CT molecular complexity index is 342. The molecule has 16 heavy (non-hydrogen) atoms. The number of hydrogen-bond donors (Lipinski definition) is 1. The van der Waals surface area contributed by atoms with Crippen LogP contribution in [0.3, 0.4) is 0 Å². The van der Waals surface area contributed by atoms with Gasteiger partial charge >= 0.3 is 0 Å². The highest BCUT2D eigenvalue weighted by Crippen LogP contribution is 2.21. The van der Waals surface area contributed by atoms with Crippen molar-refractivity contribution >= 4 is 44.8 Å². The molecule has 1 aromatic rings. The molecule has 0 aromatic carbocycles. The van der Waals surface area contributed by atoms with Gasteiger partial charge in [0.1, 0.15) is 0 Å². The molecule has 1 aromatic heterocycles. The monoisotopic (exact) mass is 323 g/mol.